The molecule has 0 bridgehead atoms. The highest BCUT2D eigenvalue weighted by Crippen LogP contribution is 2.16. The minimum atomic E-state index is -0.688. The molecule has 0 aliphatic rings. The molecule has 2 amide bonds. The molecule has 0 saturated carbocycles. The monoisotopic (exact) mass is 284 g/mol. The highest BCUT2D eigenvalue weighted by Gasteiger charge is 2.19. The molecule has 0 unspecified atom stereocenters. The first-order chi connectivity index (χ1) is 10.1. The van der Waals surface area contributed by atoms with E-state index in [0.717, 1.165) is 0 Å². The van der Waals surface area contributed by atoms with Crippen molar-refractivity contribution in [3.63, 3.8) is 0 Å². The smallest absolute Gasteiger partial charge is 0.316 e. The van der Waals surface area contributed by atoms with Crippen LogP contribution in [0.15, 0.2) is 54.6 Å². The molecule has 0 heterocycles. The van der Waals surface area contributed by atoms with Crippen LogP contribution in [0.1, 0.15) is 0 Å². The molecule has 5 nitrogen and oxygen atoms in total. The Hall–Kier alpha value is -2.82. The van der Waals surface area contributed by atoms with Crippen molar-refractivity contribution in [3.05, 3.63) is 54.6 Å². The summed E-state index contributed by atoms with van der Waals surface area (Å²) in [6.07, 6.45) is 0. The molecule has 108 valence electrons. The summed E-state index contributed by atoms with van der Waals surface area (Å²) in [6.45, 7) is 0. The van der Waals surface area contributed by atoms with Crippen LogP contribution >= 0.6 is 0 Å². The van der Waals surface area contributed by atoms with Crippen molar-refractivity contribution in [2.75, 3.05) is 24.4 Å². The standard InChI is InChI=1S/C16H16N2O3/c1-18(13-6-4-3-5-7-13)16(20)15(19)17-12-8-10-14(21-2)11-9-12/h3-11H,1-2H3,(H,17,19). The van der Waals surface area contributed by atoms with Crippen LogP contribution in [-0.4, -0.2) is 26.0 Å². The number of para-hydroxylation sites is 1. The Labute approximate surface area is 123 Å². The first-order valence-electron chi connectivity index (χ1n) is 6.40. The summed E-state index contributed by atoms with van der Waals surface area (Å²) in [4.78, 5) is 25.3. The summed E-state index contributed by atoms with van der Waals surface area (Å²) < 4.78 is 5.03. The van der Waals surface area contributed by atoms with Gasteiger partial charge >= 0.3 is 11.8 Å². The predicted molar refractivity (Wildman–Crippen MR) is 81.5 cm³/mol. The number of nitrogens with zero attached hydrogens (tertiary/aromatic N) is 1. The van der Waals surface area contributed by atoms with Crippen LogP contribution in [0.5, 0.6) is 5.75 Å². The first kappa shape index (κ1) is 14.6. The third kappa shape index (κ3) is 3.60. The van der Waals surface area contributed by atoms with Crippen LogP contribution in [0.3, 0.4) is 0 Å². The zero-order valence-electron chi connectivity index (χ0n) is 11.9. The third-order valence-electron chi connectivity index (χ3n) is 2.99. The molecule has 2 aromatic rings. The van der Waals surface area contributed by atoms with Crippen molar-refractivity contribution in [2.45, 2.75) is 0 Å². The van der Waals surface area contributed by atoms with Gasteiger partial charge in [0.15, 0.2) is 0 Å². The van der Waals surface area contributed by atoms with Gasteiger partial charge in [-0.15, -0.1) is 0 Å². The van der Waals surface area contributed by atoms with E-state index in [1.54, 1.807) is 62.7 Å². The van der Waals surface area contributed by atoms with Gasteiger partial charge in [0.25, 0.3) is 0 Å². The lowest BCUT2D eigenvalue weighted by atomic mass is 10.3. The van der Waals surface area contributed by atoms with E-state index in [4.69, 9.17) is 4.74 Å². The molecule has 5 heteroatoms. The SMILES string of the molecule is COc1ccc(NC(=O)C(=O)N(C)c2ccccc2)cc1. The zero-order chi connectivity index (χ0) is 15.2. The largest absolute Gasteiger partial charge is 0.497 e. The molecule has 0 saturated heterocycles. The molecule has 0 fully saturated rings. The van der Waals surface area contributed by atoms with E-state index < -0.39 is 11.8 Å². The lowest BCUT2D eigenvalue weighted by molar-refractivity contribution is -0.134. The summed E-state index contributed by atoms with van der Waals surface area (Å²) >= 11 is 0. The third-order valence-corrected chi connectivity index (χ3v) is 2.99. The Morgan fingerprint density at radius 2 is 1.62 bits per heavy atom. The number of likely N-dealkylation sites (N-methyl/N-ethyl adjacent to an activating group) is 1. The zero-order valence-corrected chi connectivity index (χ0v) is 11.9. The summed E-state index contributed by atoms with van der Waals surface area (Å²) in [5.41, 5.74) is 1.20. The normalized spacial score (nSPS) is 9.81. The van der Waals surface area contributed by atoms with Gasteiger partial charge in [0.1, 0.15) is 5.75 Å². The highest BCUT2D eigenvalue weighted by molar-refractivity contribution is 6.44. The number of ether oxygens (including phenoxy) is 1. The van der Waals surface area contributed by atoms with Crippen LogP contribution in [0.4, 0.5) is 11.4 Å². The van der Waals surface area contributed by atoms with Crippen LogP contribution in [-0.2, 0) is 9.59 Å². The lowest BCUT2D eigenvalue weighted by Gasteiger charge is -2.16. The molecule has 0 radical (unpaired) electrons. The van der Waals surface area contributed by atoms with Gasteiger partial charge in [0.2, 0.25) is 0 Å². The number of rotatable bonds is 3. The first-order valence-corrected chi connectivity index (χ1v) is 6.40. The van der Waals surface area contributed by atoms with Crippen LogP contribution in [0.25, 0.3) is 0 Å². The second-order valence-electron chi connectivity index (χ2n) is 4.38. The summed E-state index contributed by atoms with van der Waals surface area (Å²) in [5, 5.41) is 2.56. The van der Waals surface area contributed by atoms with E-state index in [1.807, 2.05) is 6.07 Å². The summed E-state index contributed by atoms with van der Waals surface area (Å²) in [6, 6.07) is 15.7. The Balaban J connectivity index is 2.03. The van der Waals surface area contributed by atoms with Crippen molar-refractivity contribution in [3.8, 4) is 5.75 Å². The number of nitrogens with one attached hydrogen (secondary N) is 1. The molecule has 1 N–H and O–H groups in total. The quantitative estimate of drug-likeness (QED) is 0.880. The van der Waals surface area contributed by atoms with Crippen LogP contribution < -0.4 is 15.0 Å². The van der Waals surface area contributed by atoms with E-state index in [2.05, 4.69) is 5.32 Å². The van der Waals surface area contributed by atoms with Gasteiger partial charge in [-0.1, -0.05) is 18.2 Å². The van der Waals surface area contributed by atoms with Crippen LogP contribution in [0, 0.1) is 0 Å². The number of methoxy groups -OCH3 is 1. The fourth-order valence-corrected chi connectivity index (χ4v) is 1.78. The van der Waals surface area contributed by atoms with E-state index in [1.165, 1.54) is 4.90 Å². The molecule has 21 heavy (non-hydrogen) atoms. The molecule has 0 aliphatic heterocycles. The van der Waals surface area contributed by atoms with Crippen LogP contribution in [0.2, 0.25) is 0 Å². The van der Waals surface area contributed by atoms with Crippen molar-refractivity contribution in [1.82, 2.24) is 0 Å². The van der Waals surface area contributed by atoms with E-state index >= 15 is 0 Å². The molecule has 0 atom stereocenters. The number of carbonyl (C=O) groups excluding carboxylic acids is 2. The Morgan fingerprint density at radius 1 is 1.00 bits per heavy atom. The maximum absolute atomic E-state index is 12.1. The van der Waals surface area contributed by atoms with Gasteiger partial charge < -0.3 is 15.0 Å². The van der Waals surface area contributed by atoms with Gasteiger partial charge in [-0.25, -0.2) is 0 Å². The van der Waals surface area contributed by atoms with Gasteiger partial charge in [-0.05, 0) is 36.4 Å². The number of hydrogen-bond acceptors (Lipinski definition) is 3. The predicted octanol–water partition coefficient (Wildman–Crippen LogP) is 2.30. The van der Waals surface area contributed by atoms with Gasteiger partial charge in [-0.2, -0.15) is 0 Å². The highest BCUT2D eigenvalue weighted by atomic mass is 16.5. The van der Waals surface area contributed by atoms with Crippen molar-refractivity contribution >= 4 is 23.2 Å². The molecular formula is C16H16N2O3. The minimum absolute atomic E-state index is 0.538. The second-order valence-corrected chi connectivity index (χ2v) is 4.38. The van der Waals surface area contributed by atoms with Crippen molar-refractivity contribution in [1.29, 1.82) is 0 Å². The maximum atomic E-state index is 12.1. The van der Waals surface area contributed by atoms with Gasteiger partial charge in [0, 0.05) is 18.4 Å². The molecule has 0 aromatic heterocycles. The number of carbonyl (C=O) groups is 2. The summed E-state index contributed by atoms with van der Waals surface area (Å²) in [5.74, 6) is -0.635. The summed E-state index contributed by atoms with van der Waals surface area (Å²) in [7, 11) is 3.12. The van der Waals surface area contributed by atoms with E-state index in [-0.39, 0.29) is 0 Å². The molecular weight excluding hydrogens is 268 g/mol. The number of amides is 2. The molecule has 2 rings (SSSR count). The fraction of sp³-hybridized carbons (Fsp3) is 0.125. The topological polar surface area (TPSA) is 58.6 Å². The molecule has 0 aliphatic carbocycles. The fourth-order valence-electron chi connectivity index (χ4n) is 1.78. The maximum Gasteiger partial charge on any atom is 0.316 e. The van der Waals surface area contributed by atoms with E-state index in [9.17, 15) is 9.59 Å². The Morgan fingerprint density at radius 3 is 2.19 bits per heavy atom. The Bertz CT molecular complexity index is 624. The minimum Gasteiger partial charge on any atom is -0.497 e. The van der Waals surface area contributed by atoms with Gasteiger partial charge in [0.05, 0.1) is 7.11 Å². The van der Waals surface area contributed by atoms with Crippen molar-refractivity contribution in [2.24, 2.45) is 0 Å². The second kappa shape index (κ2) is 6.56. The lowest BCUT2D eigenvalue weighted by Crippen LogP contribution is -2.37. The average Bonchev–Trinajstić information content (AvgIpc) is 2.55. The molecule has 2 aromatic carbocycles. The van der Waals surface area contributed by atoms with Gasteiger partial charge in [-0.3, -0.25) is 9.59 Å². The number of anilines is 2. The molecule has 0 spiro atoms. The Kier molecular flexibility index (Phi) is 4.56. The van der Waals surface area contributed by atoms with Crippen molar-refractivity contribution < 1.29 is 14.3 Å². The number of benzene rings is 2. The number of hydrogen-bond donors (Lipinski definition) is 1. The average molecular weight is 284 g/mol. The van der Waals surface area contributed by atoms with E-state index in [0.29, 0.717) is 17.1 Å².